The number of carbonyl (C=O) groups is 1. The third-order valence-electron chi connectivity index (χ3n) is 3.15. The van der Waals surface area contributed by atoms with Crippen molar-refractivity contribution in [3.05, 3.63) is 0 Å². The zero-order valence-corrected chi connectivity index (χ0v) is 10.3. The molecule has 0 aromatic heterocycles. The van der Waals surface area contributed by atoms with Crippen molar-refractivity contribution in [1.29, 1.82) is 0 Å². The third kappa shape index (κ3) is 4.49. The second-order valence-corrected chi connectivity index (χ2v) is 4.77. The molecule has 1 atom stereocenters. The molecule has 0 aromatic carbocycles. The quantitative estimate of drug-likeness (QED) is 0.561. The zero-order chi connectivity index (χ0) is 12.0. The molecule has 1 rings (SSSR count). The van der Waals surface area contributed by atoms with Crippen LogP contribution in [0.5, 0.6) is 0 Å². The average molecular weight is 228 g/mol. The van der Waals surface area contributed by atoms with E-state index in [1.165, 1.54) is 0 Å². The molecule has 1 aliphatic carbocycles. The smallest absolute Gasteiger partial charge is 0.236 e. The van der Waals surface area contributed by atoms with Crippen LogP contribution in [-0.2, 0) is 4.79 Å². The van der Waals surface area contributed by atoms with Crippen LogP contribution < -0.4 is 10.6 Å². The Morgan fingerprint density at radius 3 is 2.75 bits per heavy atom. The predicted octanol–water partition coefficient (Wildman–Crippen LogP) is 0.652. The highest BCUT2D eigenvalue weighted by Gasteiger charge is 2.27. The first-order chi connectivity index (χ1) is 7.63. The lowest BCUT2D eigenvalue weighted by Crippen LogP contribution is -2.46. The molecule has 0 heterocycles. The SMILES string of the molecule is CCCCNC(=O)C(C)NCC1CC(O)C1. The highest BCUT2D eigenvalue weighted by molar-refractivity contribution is 5.81. The lowest BCUT2D eigenvalue weighted by molar-refractivity contribution is -0.122. The van der Waals surface area contributed by atoms with Gasteiger partial charge in [-0.05, 0) is 38.6 Å². The van der Waals surface area contributed by atoms with Crippen molar-refractivity contribution >= 4 is 5.91 Å². The predicted molar refractivity (Wildman–Crippen MR) is 64.1 cm³/mol. The van der Waals surface area contributed by atoms with Crippen LogP contribution in [0.2, 0.25) is 0 Å². The van der Waals surface area contributed by atoms with Crippen LogP contribution in [0.1, 0.15) is 39.5 Å². The molecular formula is C12H24N2O2. The van der Waals surface area contributed by atoms with E-state index in [9.17, 15) is 4.79 Å². The monoisotopic (exact) mass is 228 g/mol. The van der Waals surface area contributed by atoms with Crippen LogP contribution >= 0.6 is 0 Å². The molecule has 0 radical (unpaired) electrons. The Bertz CT molecular complexity index is 215. The van der Waals surface area contributed by atoms with Gasteiger partial charge in [-0.2, -0.15) is 0 Å². The maximum absolute atomic E-state index is 11.6. The van der Waals surface area contributed by atoms with Gasteiger partial charge in [-0.15, -0.1) is 0 Å². The molecule has 1 unspecified atom stereocenters. The average Bonchev–Trinajstić information content (AvgIpc) is 2.22. The van der Waals surface area contributed by atoms with Crippen molar-refractivity contribution in [3.8, 4) is 0 Å². The molecule has 0 bridgehead atoms. The van der Waals surface area contributed by atoms with Gasteiger partial charge in [-0.3, -0.25) is 4.79 Å². The largest absolute Gasteiger partial charge is 0.393 e. The number of aliphatic hydroxyl groups is 1. The van der Waals surface area contributed by atoms with Crippen LogP contribution in [0.25, 0.3) is 0 Å². The topological polar surface area (TPSA) is 61.4 Å². The number of unbranched alkanes of at least 4 members (excludes halogenated alkanes) is 1. The Morgan fingerprint density at radius 1 is 1.50 bits per heavy atom. The minimum absolute atomic E-state index is 0.0771. The van der Waals surface area contributed by atoms with E-state index in [2.05, 4.69) is 17.6 Å². The summed E-state index contributed by atoms with van der Waals surface area (Å²) in [5.41, 5.74) is 0. The van der Waals surface area contributed by atoms with Crippen LogP contribution in [-0.4, -0.2) is 36.2 Å². The first kappa shape index (κ1) is 13.5. The summed E-state index contributed by atoms with van der Waals surface area (Å²) < 4.78 is 0. The number of carbonyl (C=O) groups excluding carboxylic acids is 1. The fraction of sp³-hybridized carbons (Fsp3) is 0.917. The van der Waals surface area contributed by atoms with Crippen LogP contribution in [0.4, 0.5) is 0 Å². The van der Waals surface area contributed by atoms with E-state index >= 15 is 0 Å². The van der Waals surface area contributed by atoms with Gasteiger partial charge < -0.3 is 15.7 Å². The molecule has 4 heteroatoms. The molecule has 16 heavy (non-hydrogen) atoms. The molecule has 0 aromatic rings. The van der Waals surface area contributed by atoms with Gasteiger partial charge in [0.05, 0.1) is 12.1 Å². The van der Waals surface area contributed by atoms with Crippen molar-refractivity contribution < 1.29 is 9.90 Å². The van der Waals surface area contributed by atoms with Gasteiger partial charge >= 0.3 is 0 Å². The second kappa shape index (κ2) is 6.86. The molecular weight excluding hydrogens is 204 g/mol. The van der Waals surface area contributed by atoms with E-state index in [1.54, 1.807) is 0 Å². The van der Waals surface area contributed by atoms with Gasteiger partial charge in [-0.25, -0.2) is 0 Å². The number of amides is 1. The fourth-order valence-electron chi connectivity index (χ4n) is 1.84. The van der Waals surface area contributed by atoms with E-state index in [4.69, 9.17) is 5.11 Å². The summed E-state index contributed by atoms with van der Waals surface area (Å²) >= 11 is 0. The maximum Gasteiger partial charge on any atom is 0.236 e. The standard InChI is InChI=1S/C12H24N2O2/c1-3-4-5-13-12(16)9(2)14-8-10-6-11(15)7-10/h9-11,14-15H,3-8H2,1-2H3,(H,13,16). The summed E-state index contributed by atoms with van der Waals surface area (Å²) in [5.74, 6) is 0.620. The molecule has 0 aliphatic heterocycles. The molecule has 0 saturated heterocycles. The zero-order valence-electron chi connectivity index (χ0n) is 10.3. The summed E-state index contributed by atoms with van der Waals surface area (Å²) in [7, 11) is 0. The molecule has 1 saturated carbocycles. The van der Waals surface area contributed by atoms with Crippen molar-refractivity contribution in [1.82, 2.24) is 10.6 Å². The molecule has 1 amide bonds. The van der Waals surface area contributed by atoms with Crippen molar-refractivity contribution in [3.63, 3.8) is 0 Å². The van der Waals surface area contributed by atoms with Gasteiger partial charge in [0.15, 0.2) is 0 Å². The molecule has 0 spiro atoms. The Hall–Kier alpha value is -0.610. The first-order valence-electron chi connectivity index (χ1n) is 6.32. The van der Waals surface area contributed by atoms with Crippen molar-refractivity contribution in [2.75, 3.05) is 13.1 Å². The number of hydrogen-bond donors (Lipinski definition) is 3. The minimum atomic E-state index is -0.130. The van der Waals surface area contributed by atoms with Crippen LogP contribution in [0.3, 0.4) is 0 Å². The summed E-state index contributed by atoms with van der Waals surface area (Å²) in [6.07, 6.45) is 3.77. The van der Waals surface area contributed by atoms with Crippen molar-refractivity contribution in [2.45, 2.75) is 51.7 Å². The molecule has 1 aliphatic rings. The highest BCUT2D eigenvalue weighted by Crippen LogP contribution is 2.26. The van der Waals surface area contributed by atoms with E-state index in [0.29, 0.717) is 5.92 Å². The van der Waals surface area contributed by atoms with Crippen LogP contribution in [0, 0.1) is 5.92 Å². The number of rotatable bonds is 7. The summed E-state index contributed by atoms with van der Waals surface area (Å²) in [6, 6.07) is -0.130. The summed E-state index contributed by atoms with van der Waals surface area (Å²) in [6.45, 7) is 5.59. The second-order valence-electron chi connectivity index (χ2n) is 4.77. The van der Waals surface area contributed by atoms with Gasteiger partial charge in [0, 0.05) is 6.54 Å². The highest BCUT2D eigenvalue weighted by atomic mass is 16.3. The molecule has 4 nitrogen and oxygen atoms in total. The number of hydrogen-bond acceptors (Lipinski definition) is 3. The lowest BCUT2D eigenvalue weighted by atomic mass is 9.82. The lowest BCUT2D eigenvalue weighted by Gasteiger charge is -2.32. The number of aliphatic hydroxyl groups excluding tert-OH is 1. The fourth-order valence-corrected chi connectivity index (χ4v) is 1.84. The van der Waals surface area contributed by atoms with E-state index in [0.717, 1.165) is 38.8 Å². The molecule has 3 N–H and O–H groups in total. The van der Waals surface area contributed by atoms with E-state index < -0.39 is 0 Å². The summed E-state index contributed by atoms with van der Waals surface area (Å²) in [5, 5.41) is 15.2. The van der Waals surface area contributed by atoms with E-state index in [1.807, 2.05) is 6.92 Å². The Balaban J connectivity index is 2.04. The molecule has 94 valence electrons. The summed E-state index contributed by atoms with van der Waals surface area (Å²) in [4.78, 5) is 11.6. The van der Waals surface area contributed by atoms with Crippen LogP contribution in [0.15, 0.2) is 0 Å². The van der Waals surface area contributed by atoms with E-state index in [-0.39, 0.29) is 18.1 Å². The maximum atomic E-state index is 11.6. The Labute approximate surface area is 97.8 Å². The van der Waals surface area contributed by atoms with Gasteiger partial charge in [-0.1, -0.05) is 13.3 Å². The first-order valence-corrected chi connectivity index (χ1v) is 6.32. The van der Waals surface area contributed by atoms with Gasteiger partial charge in [0.1, 0.15) is 0 Å². The minimum Gasteiger partial charge on any atom is -0.393 e. The third-order valence-corrected chi connectivity index (χ3v) is 3.15. The number of nitrogens with one attached hydrogen (secondary N) is 2. The Morgan fingerprint density at radius 2 is 2.19 bits per heavy atom. The van der Waals surface area contributed by atoms with Gasteiger partial charge in [0.2, 0.25) is 5.91 Å². The van der Waals surface area contributed by atoms with Gasteiger partial charge in [0.25, 0.3) is 0 Å². The Kier molecular flexibility index (Phi) is 5.77. The van der Waals surface area contributed by atoms with Crippen molar-refractivity contribution in [2.24, 2.45) is 5.92 Å². The molecule has 1 fully saturated rings. The normalized spacial score (nSPS) is 25.9.